The van der Waals surface area contributed by atoms with Crippen LogP contribution in [-0.2, 0) is 11.3 Å². The third-order valence-electron chi connectivity index (χ3n) is 4.42. The molecule has 2 aromatic rings. The second-order valence-corrected chi connectivity index (χ2v) is 7.17. The van der Waals surface area contributed by atoms with Gasteiger partial charge in [0.1, 0.15) is 0 Å². The number of hydrogen-bond acceptors (Lipinski definition) is 5. The molecule has 3 rings (SSSR count). The molecule has 0 bridgehead atoms. The van der Waals surface area contributed by atoms with Gasteiger partial charge in [-0.2, -0.15) is 0 Å². The molecule has 27 heavy (non-hydrogen) atoms. The Hall–Kier alpha value is -2.11. The first kappa shape index (κ1) is 19.6. The Kier molecular flexibility index (Phi) is 6.69. The number of anilines is 2. The fourth-order valence-corrected chi connectivity index (χ4v) is 3.25. The molecule has 0 aromatic heterocycles. The highest BCUT2D eigenvalue weighted by atomic mass is 35.5. The van der Waals surface area contributed by atoms with Crippen LogP contribution < -0.4 is 19.7 Å². The lowest BCUT2D eigenvalue weighted by Gasteiger charge is -2.29. The standard InChI is InChI=1S/C21H27ClN2O3/c1-15(2)27-21-13-19(22)16(12-20(21)25-3)14-23-17-4-6-18(7-5-17)24-8-10-26-11-9-24/h4-7,12-13,15,23H,8-11,14H2,1-3H3. The van der Waals surface area contributed by atoms with Gasteiger partial charge in [-0.1, -0.05) is 11.6 Å². The summed E-state index contributed by atoms with van der Waals surface area (Å²) in [6.45, 7) is 8.01. The van der Waals surface area contributed by atoms with Crippen LogP contribution >= 0.6 is 11.6 Å². The van der Waals surface area contributed by atoms with Gasteiger partial charge in [-0.3, -0.25) is 0 Å². The highest BCUT2D eigenvalue weighted by Gasteiger charge is 2.13. The van der Waals surface area contributed by atoms with Gasteiger partial charge >= 0.3 is 0 Å². The van der Waals surface area contributed by atoms with Gasteiger partial charge in [-0.25, -0.2) is 0 Å². The van der Waals surface area contributed by atoms with Crippen LogP contribution in [0.15, 0.2) is 36.4 Å². The smallest absolute Gasteiger partial charge is 0.163 e. The molecule has 1 aliphatic heterocycles. The molecule has 0 unspecified atom stereocenters. The average Bonchev–Trinajstić information content (AvgIpc) is 2.68. The molecule has 2 aromatic carbocycles. The maximum absolute atomic E-state index is 6.44. The summed E-state index contributed by atoms with van der Waals surface area (Å²) < 4.78 is 16.6. The molecule has 0 radical (unpaired) electrons. The van der Waals surface area contributed by atoms with Crippen LogP contribution in [0.25, 0.3) is 0 Å². The summed E-state index contributed by atoms with van der Waals surface area (Å²) in [6, 6.07) is 12.2. The number of rotatable bonds is 7. The fraction of sp³-hybridized carbons (Fsp3) is 0.429. The molecule has 1 heterocycles. The quantitative estimate of drug-likeness (QED) is 0.749. The molecular formula is C21H27ClN2O3. The molecule has 0 spiro atoms. The Balaban J connectivity index is 1.65. The lowest BCUT2D eigenvalue weighted by Crippen LogP contribution is -2.36. The highest BCUT2D eigenvalue weighted by molar-refractivity contribution is 6.31. The maximum atomic E-state index is 6.44. The van der Waals surface area contributed by atoms with E-state index in [1.165, 1.54) is 5.69 Å². The Morgan fingerprint density at radius 3 is 2.44 bits per heavy atom. The Morgan fingerprint density at radius 1 is 1.11 bits per heavy atom. The summed E-state index contributed by atoms with van der Waals surface area (Å²) in [5.41, 5.74) is 3.23. The average molecular weight is 391 g/mol. The molecule has 1 aliphatic rings. The SMILES string of the molecule is COc1cc(CNc2ccc(N3CCOCC3)cc2)c(Cl)cc1OC(C)C. The minimum Gasteiger partial charge on any atom is -0.493 e. The summed E-state index contributed by atoms with van der Waals surface area (Å²) in [4.78, 5) is 2.34. The fourth-order valence-electron chi connectivity index (χ4n) is 3.03. The minimum absolute atomic E-state index is 0.0592. The number of methoxy groups -OCH3 is 1. The third kappa shape index (κ3) is 5.21. The van der Waals surface area contributed by atoms with Gasteiger partial charge in [0, 0.05) is 42.1 Å². The third-order valence-corrected chi connectivity index (χ3v) is 4.77. The number of nitrogens with one attached hydrogen (secondary N) is 1. The van der Waals surface area contributed by atoms with E-state index >= 15 is 0 Å². The van der Waals surface area contributed by atoms with E-state index in [4.69, 9.17) is 25.8 Å². The van der Waals surface area contributed by atoms with Crippen LogP contribution in [0.5, 0.6) is 11.5 Å². The Bertz CT molecular complexity index is 744. The van der Waals surface area contributed by atoms with Gasteiger partial charge in [-0.15, -0.1) is 0 Å². The summed E-state index contributed by atoms with van der Waals surface area (Å²) in [5.74, 6) is 1.35. The van der Waals surface area contributed by atoms with Crippen LogP contribution in [0.3, 0.4) is 0 Å². The topological polar surface area (TPSA) is 43.0 Å². The predicted octanol–water partition coefficient (Wildman–Crippen LogP) is 4.58. The Morgan fingerprint density at radius 2 is 1.81 bits per heavy atom. The zero-order chi connectivity index (χ0) is 19.2. The van der Waals surface area contributed by atoms with Crippen molar-refractivity contribution in [1.82, 2.24) is 0 Å². The lowest BCUT2D eigenvalue weighted by atomic mass is 10.2. The van der Waals surface area contributed by atoms with Crippen LogP contribution in [0.1, 0.15) is 19.4 Å². The zero-order valence-electron chi connectivity index (χ0n) is 16.1. The van der Waals surface area contributed by atoms with Gasteiger partial charge in [0.2, 0.25) is 0 Å². The summed E-state index contributed by atoms with van der Waals surface area (Å²) in [7, 11) is 1.64. The van der Waals surface area contributed by atoms with Gasteiger partial charge in [0.05, 0.1) is 26.4 Å². The minimum atomic E-state index is 0.0592. The molecular weight excluding hydrogens is 364 g/mol. The first-order valence-electron chi connectivity index (χ1n) is 9.26. The molecule has 1 fully saturated rings. The van der Waals surface area contributed by atoms with Crippen LogP contribution in [-0.4, -0.2) is 39.5 Å². The number of morpholine rings is 1. The molecule has 146 valence electrons. The molecule has 0 atom stereocenters. The maximum Gasteiger partial charge on any atom is 0.163 e. The number of nitrogens with zero attached hydrogens (tertiary/aromatic N) is 1. The van der Waals surface area contributed by atoms with Crippen molar-refractivity contribution in [3.63, 3.8) is 0 Å². The van der Waals surface area contributed by atoms with E-state index in [1.54, 1.807) is 7.11 Å². The first-order valence-corrected chi connectivity index (χ1v) is 9.64. The number of hydrogen-bond donors (Lipinski definition) is 1. The van der Waals surface area contributed by atoms with E-state index in [0.29, 0.717) is 23.1 Å². The molecule has 5 nitrogen and oxygen atoms in total. The van der Waals surface area contributed by atoms with Crippen LogP contribution in [0.2, 0.25) is 5.02 Å². The van der Waals surface area contributed by atoms with E-state index < -0.39 is 0 Å². The van der Waals surface area contributed by atoms with Gasteiger partial charge < -0.3 is 24.4 Å². The van der Waals surface area contributed by atoms with Crippen molar-refractivity contribution in [3.05, 3.63) is 47.0 Å². The first-order chi connectivity index (χ1) is 13.1. The van der Waals surface area contributed by atoms with E-state index in [0.717, 1.165) is 37.6 Å². The Labute approximate surface area is 166 Å². The van der Waals surface area contributed by atoms with Gasteiger partial charge in [-0.05, 0) is 49.7 Å². The predicted molar refractivity (Wildman–Crippen MR) is 111 cm³/mol. The van der Waals surface area contributed by atoms with Crippen molar-refractivity contribution >= 4 is 23.0 Å². The van der Waals surface area contributed by atoms with Gasteiger partial charge in [0.15, 0.2) is 11.5 Å². The molecule has 0 aliphatic carbocycles. The van der Waals surface area contributed by atoms with E-state index in [1.807, 2.05) is 26.0 Å². The van der Waals surface area contributed by atoms with Crippen molar-refractivity contribution < 1.29 is 14.2 Å². The highest BCUT2D eigenvalue weighted by Crippen LogP contribution is 2.34. The lowest BCUT2D eigenvalue weighted by molar-refractivity contribution is 0.122. The number of halogens is 1. The second kappa shape index (κ2) is 9.20. The monoisotopic (exact) mass is 390 g/mol. The summed E-state index contributed by atoms with van der Waals surface area (Å²) in [5, 5.41) is 4.08. The van der Waals surface area contributed by atoms with Crippen molar-refractivity contribution in [2.24, 2.45) is 0 Å². The van der Waals surface area contributed by atoms with Crippen LogP contribution in [0, 0.1) is 0 Å². The summed E-state index contributed by atoms with van der Waals surface area (Å²) in [6.07, 6.45) is 0.0592. The van der Waals surface area contributed by atoms with Gasteiger partial charge in [0.25, 0.3) is 0 Å². The van der Waals surface area contributed by atoms with Crippen molar-refractivity contribution in [1.29, 1.82) is 0 Å². The number of ether oxygens (including phenoxy) is 3. The van der Waals surface area contributed by atoms with Crippen LogP contribution in [0.4, 0.5) is 11.4 Å². The van der Waals surface area contributed by atoms with Crippen molar-refractivity contribution in [3.8, 4) is 11.5 Å². The van der Waals surface area contributed by atoms with Crippen molar-refractivity contribution in [2.75, 3.05) is 43.6 Å². The molecule has 1 saturated heterocycles. The van der Waals surface area contributed by atoms with E-state index in [9.17, 15) is 0 Å². The molecule has 0 amide bonds. The normalized spacial score (nSPS) is 14.3. The van der Waals surface area contributed by atoms with E-state index in [-0.39, 0.29) is 6.10 Å². The molecule has 0 saturated carbocycles. The number of benzene rings is 2. The van der Waals surface area contributed by atoms with Crippen molar-refractivity contribution in [2.45, 2.75) is 26.5 Å². The zero-order valence-corrected chi connectivity index (χ0v) is 16.9. The van der Waals surface area contributed by atoms with E-state index in [2.05, 4.69) is 34.5 Å². The second-order valence-electron chi connectivity index (χ2n) is 6.76. The summed E-state index contributed by atoms with van der Waals surface area (Å²) >= 11 is 6.44. The largest absolute Gasteiger partial charge is 0.493 e. The molecule has 6 heteroatoms. The molecule has 1 N–H and O–H groups in total.